The van der Waals surface area contributed by atoms with E-state index < -0.39 is 5.54 Å². The Hall–Kier alpha value is -2.95. The topological polar surface area (TPSA) is 52.3 Å². The van der Waals surface area contributed by atoms with E-state index in [1.807, 2.05) is 54.6 Å². The lowest BCUT2D eigenvalue weighted by molar-refractivity contribution is -0.129. The third-order valence-corrected chi connectivity index (χ3v) is 5.03. The fourth-order valence-corrected chi connectivity index (χ4v) is 3.84. The summed E-state index contributed by atoms with van der Waals surface area (Å²) in [4.78, 5) is 14.2. The van der Waals surface area contributed by atoms with Crippen molar-refractivity contribution >= 4 is 5.91 Å². The fourth-order valence-electron chi connectivity index (χ4n) is 3.84. The Morgan fingerprint density at radius 2 is 1.19 bits per heavy atom. The van der Waals surface area contributed by atoms with Gasteiger partial charge in [0, 0.05) is 6.54 Å². The third-order valence-electron chi connectivity index (χ3n) is 5.03. The molecule has 0 spiro atoms. The summed E-state index contributed by atoms with van der Waals surface area (Å²) in [5, 5.41) is 9.11. The number of rotatable bonds is 5. The summed E-state index contributed by atoms with van der Waals surface area (Å²) in [6.45, 7) is 0.574. The molecule has 0 radical (unpaired) electrons. The van der Waals surface area contributed by atoms with Crippen LogP contribution >= 0.6 is 0 Å². The molecule has 1 aliphatic rings. The normalized spacial score (nSPS) is 19.0. The standard InChI is InChI=1S/C22H20N2O2/c25-21(23-26)20-16-24(20)22(17-10-4-1-5-11-17,18-12-6-2-7-13-18)19-14-8-3-9-15-19/h1-15,20,26H,16H2,(H,23,25). The molecule has 3 aromatic rings. The van der Waals surface area contributed by atoms with E-state index in [1.54, 1.807) is 5.48 Å². The van der Waals surface area contributed by atoms with Crippen LogP contribution in [0.2, 0.25) is 0 Å². The van der Waals surface area contributed by atoms with E-state index in [2.05, 4.69) is 41.3 Å². The lowest BCUT2D eigenvalue weighted by Gasteiger charge is -2.38. The number of carbonyl (C=O) groups is 1. The molecule has 26 heavy (non-hydrogen) atoms. The van der Waals surface area contributed by atoms with Crippen molar-refractivity contribution in [3.63, 3.8) is 0 Å². The zero-order chi connectivity index (χ0) is 18.0. The second-order valence-electron chi connectivity index (χ2n) is 6.45. The second kappa shape index (κ2) is 6.75. The summed E-state index contributed by atoms with van der Waals surface area (Å²) >= 11 is 0. The molecule has 4 rings (SSSR count). The lowest BCUT2D eigenvalue weighted by atomic mass is 9.76. The summed E-state index contributed by atoms with van der Waals surface area (Å²) in [6, 6.07) is 30.2. The van der Waals surface area contributed by atoms with Gasteiger partial charge in [0.1, 0.15) is 6.04 Å². The summed E-state index contributed by atoms with van der Waals surface area (Å²) in [7, 11) is 0. The number of carbonyl (C=O) groups excluding carboxylic acids is 1. The average molecular weight is 344 g/mol. The van der Waals surface area contributed by atoms with Gasteiger partial charge in [0.15, 0.2) is 0 Å². The molecule has 0 saturated carbocycles. The summed E-state index contributed by atoms with van der Waals surface area (Å²) < 4.78 is 0. The van der Waals surface area contributed by atoms with Crippen molar-refractivity contribution < 1.29 is 10.0 Å². The van der Waals surface area contributed by atoms with E-state index in [-0.39, 0.29) is 11.9 Å². The largest absolute Gasteiger partial charge is 0.289 e. The predicted octanol–water partition coefficient (Wildman–Crippen LogP) is 3.17. The zero-order valence-corrected chi connectivity index (χ0v) is 14.2. The van der Waals surface area contributed by atoms with Crippen LogP contribution in [-0.2, 0) is 10.3 Å². The van der Waals surface area contributed by atoms with E-state index in [0.717, 1.165) is 16.7 Å². The maximum Gasteiger partial charge on any atom is 0.262 e. The second-order valence-corrected chi connectivity index (χ2v) is 6.45. The molecular weight excluding hydrogens is 324 g/mol. The van der Waals surface area contributed by atoms with Gasteiger partial charge in [-0.1, -0.05) is 91.0 Å². The molecule has 0 bridgehead atoms. The Labute approximate surface area is 152 Å². The number of benzene rings is 3. The number of nitrogens with one attached hydrogen (secondary N) is 1. The van der Waals surface area contributed by atoms with Crippen LogP contribution in [0, 0.1) is 0 Å². The molecule has 130 valence electrons. The smallest absolute Gasteiger partial charge is 0.262 e. The number of amides is 1. The third kappa shape index (κ3) is 2.60. The minimum atomic E-state index is -0.596. The molecule has 0 aliphatic carbocycles. The lowest BCUT2D eigenvalue weighted by Crippen LogP contribution is -2.41. The van der Waals surface area contributed by atoms with Crippen LogP contribution in [0.5, 0.6) is 0 Å². The van der Waals surface area contributed by atoms with E-state index in [9.17, 15) is 4.79 Å². The van der Waals surface area contributed by atoms with Crippen LogP contribution in [0.1, 0.15) is 16.7 Å². The Kier molecular flexibility index (Phi) is 4.29. The molecule has 4 nitrogen and oxygen atoms in total. The molecular formula is C22H20N2O2. The van der Waals surface area contributed by atoms with E-state index in [1.165, 1.54) is 0 Å². The average Bonchev–Trinajstić information content (AvgIpc) is 3.52. The molecule has 3 aromatic carbocycles. The fraction of sp³-hybridized carbons (Fsp3) is 0.136. The number of hydrogen-bond acceptors (Lipinski definition) is 3. The maximum atomic E-state index is 12.1. The van der Waals surface area contributed by atoms with Crippen molar-refractivity contribution in [1.29, 1.82) is 0 Å². The molecule has 2 N–H and O–H groups in total. The Balaban J connectivity index is 1.97. The van der Waals surface area contributed by atoms with Gasteiger partial charge in [0.25, 0.3) is 5.91 Å². The molecule has 4 heteroatoms. The first kappa shape index (κ1) is 16.5. The van der Waals surface area contributed by atoms with E-state index >= 15 is 0 Å². The van der Waals surface area contributed by atoms with Crippen molar-refractivity contribution in [2.75, 3.05) is 6.54 Å². The Morgan fingerprint density at radius 1 is 0.808 bits per heavy atom. The highest BCUT2D eigenvalue weighted by molar-refractivity contribution is 5.84. The van der Waals surface area contributed by atoms with Crippen LogP contribution in [0.25, 0.3) is 0 Å². The molecule has 1 heterocycles. The van der Waals surface area contributed by atoms with E-state index in [4.69, 9.17) is 5.21 Å². The molecule has 1 saturated heterocycles. The molecule has 2 atom stereocenters. The molecule has 0 aromatic heterocycles. The van der Waals surface area contributed by atoms with Crippen molar-refractivity contribution in [2.45, 2.75) is 11.6 Å². The van der Waals surface area contributed by atoms with Gasteiger partial charge in [-0.3, -0.25) is 14.9 Å². The van der Waals surface area contributed by atoms with E-state index in [0.29, 0.717) is 6.54 Å². The monoisotopic (exact) mass is 344 g/mol. The van der Waals surface area contributed by atoms with Gasteiger partial charge in [0.2, 0.25) is 0 Å². The van der Waals surface area contributed by atoms with Gasteiger partial charge in [-0.05, 0) is 16.7 Å². The predicted molar refractivity (Wildman–Crippen MR) is 99.6 cm³/mol. The Morgan fingerprint density at radius 3 is 1.54 bits per heavy atom. The van der Waals surface area contributed by atoms with Crippen LogP contribution in [0.15, 0.2) is 91.0 Å². The summed E-state index contributed by atoms with van der Waals surface area (Å²) in [5.41, 5.74) is 4.47. The van der Waals surface area contributed by atoms with Gasteiger partial charge >= 0.3 is 0 Å². The highest BCUT2D eigenvalue weighted by Crippen LogP contribution is 2.48. The highest BCUT2D eigenvalue weighted by atomic mass is 16.5. The Bertz CT molecular complexity index is 785. The number of hydroxylamine groups is 1. The van der Waals surface area contributed by atoms with Gasteiger partial charge in [0.05, 0.1) is 5.54 Å². The van der Waals surface area contributed by atoms with Crippen molar-refractivity contribution in [1.82, 2.24) is 10.4 Å². The van der Waals surface area contributed by atoms with Crippen LogP contribution < -0.4 is 5.48 Å². The van der Waals surface area contributed by atoms with Gasteiger partial charge < -0.3 is 0 Å². The van der Waals surface area contributed by atoms with Crippen molar-refractivity contribution in [3.8, 4) is 0 Å². The van der Waals surface area contributed by atoms with Crippen molar-refractivity contribution in [3.05, 3.63) is 108 Å². The minimum absolute atomic E-state index is 0.374. The molecule has 2 unspecified atom stereocenters. The van der Waals surface area contributed by atoms with Gasteiger partial charge in [-0.2, -0.15) is 0 Å². The molecule has 1 amide bonds. The van der Waals surface area contributed by atoms with Gasteiger partial charge in [-0.25, -0.2) is 5.48 Å². The number of nitrogens with zero attached hydrogens (tertiary/aromatic N) is 1. The molecule has 1 fully saturated rings. The van der Waals surface area contributed by atoms with Crippen molar-refractivity contribution in [2.24, 2.45) is 0 Å². The zero-order valence-electron chi connectivity index (χ0n) is 14.2. The maximum absolute atomic E-state index is 12.1. The first-order chi connectivity index (χ1) is 12.8. The van der Waals surface area contributed by atoms with Gasteiger partial charge in [-0.15, -0.1) is 0 Å². The quantitative estimate of drug-likeness (QED) is 0.323. The summed E-state index contributed by atoms with van der Waals surface area (Å²) in [6.07, 6.45) is 0. The first-order valence-electron chi connectivity index (χ1n) is 8.65. The molecule has 1 aliphatic heterocycles. The van der Waals surface area contributed by atoms with Crippen LogP contribution in [0.3, 0.4) is 0 Å². The minimum Gasteiger partial charge on any atom is -0.289 e. The first-order valence-corrected chi connectivity index (χ1v) is 8.65. The summed E-state index contributed by atoms with van der Waals surface area (Å²) in [5.74, 6) is -0.378. The van der Waals surface area contributed by atoms with Crippen LogP contribution in [0.4, 0.5) is 0 Å². The van der Waals surface area contributed by atoms with Crippen LogP contribution in [-0.4, -0.2) is 28.6 Å². The SMILES string of the molecule is O=C(NO)C1CN1C(c1ccccc1)(c1ccccc1)c1ccccc1. The highest BCUT2D eigenvalue weighted by Gasteiger charge is 2.55. The number of hydrogen-bond donors (Lipinski definition) is 2.